The van der Waals surface area contributed by atoms with E-state index in [0.29, 0.717) is 6.54 Å². The molecule has 104 valence electrons. The molecule has 0 saturated carbocycles. The first-order valence-electron chi connectivity index (χ1n) is 6.30. The molecule has 5 nitrogen and oxygen atoms in total. The topological polar surface area (TPSA) is 69.7 Å². The smallest absolute Gasteiger partial charge is 0.338 e. The zero-order valence-corrected chi connectivity index (χ0v) is 11.2. The summed E-state index contributed by atoms with van der Waals surface area (Å²) in [6.45, 7) is 6.68. The summed E-state index contributed by atoms with van der Waals surface area (Å²) in [5.74, 6) is -2.01. The van der Waals surface area contributed by atoms with E-state index in [4.69, 9.17) is 4.74 Å². The van der Waals surface area contributed by atoms with Gasteiger partial charge in [0.2, 0.25) is 0 Å². The van der Waals surface area contributed by atoms with Crippen LogP contribution in [0.5, 0.6) is 0 Å². The lowest BCUT2D eigenvalue weighted by molar-refractivity contribution is -0.255. The van der Waals surface area contributed by atoms with Gasteiger partial charge in [0.15, 0.2) is 0 Å². The Hall–Kier alpha value is -1.88. The van der Waals surface area contributed by atoms with Crippen molar-refractivity contribution in [3.8, 4) is 0 Å². The van der Waals surface area contributed by atoms with Gasteiger partial charge in [-0.3, -0.25) is 0 Å². The molecule has 0 aliphatic rings. The molecule has 19 heavy (non-hydrogen) atoms. The lowest BCUT2D eigenvalue weighted by atomic mass is 10.1. The molecule has 0 aliphatic heterocycles. The summed E-state index contributed by atoms with van der Waals surface area (Å²) in [5.41, 5.74) is -0.114. The second kappa shape index (κ2) is 7.53. The summed E-state index contributed by atoms with van der Waals surface area (Å²) in [6, 6.07) is 5.88. The van der Waals surface area contributed by atoms with Crippen LogP contribution in [0.15, 0.2) is 24.3 Å². The van der Waals surface area contributed by atoms with E-state index in [9.17, 15) is 14.7 Å². The van der Waals surface area contributed by atoms with Crippen molar-refractivity contribution in [2.75, 3.05) is 26.2 Å². The Morgan fingerprint density at radius 2 is 1.74 bits per heavy atom. The molecule has 0 spiro atoms. The third kappa shape index (κ3) is 4.37. The van der Waals surface area contributed by atoms with E-state index >= 15 is 0 Å². The maximum Gasteiger partial charge on any atom is 0.338 e. The van der Waals surface area contributed by atoms with Crippen LogP contribution in [0.25, 0.3) is 0 Å². The van der Waals surface area contributed by atoms with Crippen molar-refractivity contribution < 1.29 is 19.4 Å². The number of carboxylic acids is 1. The Morgan fingerprint density at radius 3 is 2.26 bits per heavy atom. The van der Waals surface area contributed by atoms with Gasteiger partial charge in [0.05, 0.1) is 11.5 Å². The van der Waals surface area contributed by atoms with Crippen LogP contribution >= 0.6 is 0 Å². The molecule has 0 aromatic heterocycles. The van der Waals surface area contributed by atoms with Crippen molar-refractivity contribution in [3.05, 3.63) is 35.4 Å². The minimum absolute atomic E-state index is 0.0297. The predicted octanol–water partition coefficient (Wildman–Crippen LogP) is 0.549. The van der Waals surface area contributed by atoms with E-state index < -0.39 is 11.9 Å². The largest absolute Gasteiger partial charge is 0.545 e. The molecule has 1 rings (SSSR count). The Morgan fingerprint density at radius 1 is 1.16 bits per heavy atom. The number of likely N-dealkylation sites (N-methyl/N-ethyl adjacent to an activating group) is 1. The second-order valence-corrected chi connectivity index (χ2v) is 4.00. The van der Waals surface area contributed by atoms with Gasteiger partial charge in [-0.1, -0.05) is 32.0 Å². The summed E-state index contributed by atoms with van der Waals surface area (Å²) in [7, 11) is 0. The molecule has 5 heteroatoms. The first-order chi connectivity index (χ1) is 9.10. The Balaban J connectivity index is 2.61. The fourth-order valence-electron chi connectivity index (χ4n) is 1.72. The van der Waals surface area contributed by atoms with E-state index in [2.05, 4.69) is 4.90 Å². The van der Waals surface area contributed by atoms with Crippen LogP contribution < -0.4 is 5.11 Å². The van der Waals surface area contributed by atoms with Crippen molar-refractivity contribution in [2.45, 2.75) is 13.8 Å². The van der Waals surface area contributed by atoms with Crippen LogP contribution in [0.2, 0.25) is 0 Å². The quantitative estimate of drug-likeness (QED) is 0.673. The van der Waals surface area contributed by atoms with Gasteiger partial charge >= 0.3 is 5.97 Å². The van der Waals surface area contributed by atoms with E-state index in [0.717, 1.165) is 13.1 Å². The van der Waals surface area contributed by atoms with E-state index in [1.807, 2.05) is 13.8 Å². The fourth-order valence-corrected chi connectivity index (χ4v) is 1.72. The molecule has 0 unspecified atom stereocenters. The second-order valence-electron chi connectivity index (χ2n) is 4.00. The minimum atomic E-state index is -1.38. The lowest BCUT2D eigenvalue weighted by Crippen LogP contribution is -2.29. The third-order valence-corrected chi connectivity index (χ3v) is 2.90. The van der Waals surface area contributed by atoms with E-state index in [1.54, 1.807) is 6.07 Å². The SMILES string of the molecule is CCN(CC)CCOC(=O)c1ccccc1C(=O)[O-]. The molecule has 0 aliphatic carbocycles. The van der Waals surface area contributed by atoms with Gasteiger partial charge in [-0.2, -0.15) is 0 Å². The number of hydrogen-bond donors (Lipinski definition) is 0. The fraction of sp³-hybridized carbons (Fsp3) is 0.429. The monoisotopic (exact) mass is 264 g/mol. The molecular weight excluding hydrogens is 246 g/mol. The van der Waals surface area contributed by atoms with Gasteiger partial charge in [0, 0.05) is 12.1 Å². The molecular formula is C14H18NO4-. The number of aromatic carboxylic acids is 1. The van der Waals surface area contributed by atoms with Crippen molar-refractivity contribution >= 4 is 11.9 Å². The normalized spacial score (nSPS) is 10.5. The number of esters is 1. The predicted molar refractivity (Wildman–Crippen MR) is 68.8 cm³/mol. The standard InChI is InChI=1S/C14H19NO4/c1-3-15(4-2)9-10-19-14(18)12-8-6-5-7-11(12)13(16)17/h5-8H,3-4,9-10H2,1-2H3,(H,16,17)/p-1. The van der Waals surface area contributed by atoms with Gasteiger partial charge in [-0.15, -0.1) is 0 Å². The number of nitrogens with zero attached hydrogens (tertiary/aromatic N) is 1. The third-order valence-electron chi connectivity index (χ3n) is 2.90. The highest BCUT2D eigenvalue weighted by atomic mass is 16.5. The van der Waals surface area contributed by atoms with Crippen molar-refractivity contribution in [3.63, 3.8) is 0 Å². The maximum atomic E-state index is 11.8. The van der Waals surface area contributed by atoms with Crippen molar-refractivity contribution in [2.24, 2.45) is 0 Å². The molecule has 0 bridgehead atoms. The molecule has 1 aromatic rings. The highest BCUT2D eigenvalue weighted by Gasteiger charge is 2.13. The van der Waals surface area contributed by atoms with E-state index in [1.165, 1.54) is 18.2 Å². The number of rotatable bonds is 7. The van der Waals surface area contributed by atoms with Gasteiger partial charge in [-0.05, 0) is 19.2 Å². The Labute approximate surface area is 112 Å². The number of carboxylic acid groups (broad SMARTS) is 1. The number of benzene rings is 1. The number of carbonyl (C=O) groups is 2. The lowest BCUT2D eigenvalue weighted by Gasteiger charge is -2.17. The van der Waals surface area contributed by atoms with Crippen LogP contribution in [0.3, 0.4) is 0 Å². The Kier molecular flexibility index (Phi) is 6.02. The van der Waals surface area contributed by atoms with Crippen LogP contribution in [-0.2, 0) is 4.74 Å². The first kappa shape index (κ1) is 15.2. The molecule has 0 saturated heterocycles. The highest BCUT2D eigenvalue weighted by Crippen LogP contribution is 2.09. The molecule has 1 aromatic carbocycles. The summed E-state index contributed by atoms with van der Waals surface area (Å²) in [4.78, 5) is 24.8. The molecule has 0 radical (unpaired) electrons. The number of hydrogen-bond acceptors (Lipinski definition) is 5. The maximum absolute atomic E-state index is 11.8. The van der Waals surface area contributed by atoms with Crippen molar-refractivity contribution in [1.82, 2.24) is 4.90 Å². The van der Waals surface area contributed by atoms with Gasteiger partial charge in [-0.25, -0.2) is 4.79 Å². The zero-order chi connectivity index (χ0) is 14.3. The van der Waals surface area contributed by atoms with Gasteiger partial charge in [0.1, 0.15) is 6.61 Å². The summed E-state index contributed by atoms with van der Waals surface area (Å²) < 4.78 is 5.08. The van der Waals surface area contributed by atoms with Crippen LogP contribution in [0.4, 0.5) is 0 Å². The molecule has 0 fully saturated rings. The van der Waals surface area contributed by atoms with E-state index in [-0.39, 0.29) is 17.7 Å². The van der Waals surface area contributed by atoms with Gasteiger partial charge < -0.3 is 19.5 Å². The highest BCUT2D eigenvalue weighted by molar-refractivity contribution is 6.01. The molecule has 0 amide bonds. The average molecular weight is 264 g/mol. The molecule has 0 N–H and O–H groups in total. The first-order valence-corrected chi connectivity index (χ1v) is 6.30. The summed E-state index contributed by atoms with van der Waals surface area (Å²) in [6.07, 6.45) is 0. The molecule has 0 atom stereocenters. The number of ether oxygens (including phenoxy) is 1. The summed E-state index contributed by atoms with van der Waals surface area (Å²) >= 11 is 0. The minimum Gasteiger partial charge on any atom is -0.545 e. The Bertz CT molecular complexity index is 441. The van der Waals surface area contributed by atoms with Crippen LogP contribution in [0.1, 0.15) is 34.6 Å². The van der Waals surface area contributed by atoms with Crippen LogP contribution in [-0.4, -0.2) is 43.1 Å². The number of carbonyl (C=O) groups excluding carboxylic acids is 2. The van der Waals surface area contributed by atoms with Crippen LogP contribution in [0, 0.1) is 0 Å². The van der Waals surface area contributed by atoms with Crippen molar-refractivity contribution in [1.29, 1.82) is 0 Å². The van der Waals surface area contributed by atoms with Gasteiger partial charge in [0.25, 0.3) is 0 Å². The summed E-state index contributed by atoms with van der Waals surface area (Å²) in [5, 5.41) is 10.9. The average Bonchev–Trinajstić information content (AvgIpc) is 2.43. The zero-order valence-electron chi connectivity index (χ0n) is 11.2. The molecule has 0 heterocycles.